The highest BCUT2D eigenvalue weighted by molar-refractivity contribution is 7.92. The van der Waals surface area contributed by atoms with Gasteiger partial charge in [-0.3, -0.25) is 9.52 Å². The van der Waals surface area contributed by atoms with E-state index in [0.29, 0.717) is 5.69 Å². The number of benzene rings is 3. The number of carbonyl (C=O) groups excluding carboxylic acids is 1. The summed E-state index contributed by atoms with van der Waals surface area (Å²) in [6, 6.07) is 19.1. The Kier molecular flexibility index (Phi) is 7.20. The minimum Gasteiger partial charge on any atom is -0.346 e. The van der Waals surface area contributed by atoms with Gasteiger partial charge in [-0.25, -0.2) is 8.42 Å². The maximum atomic E-state index is 13.0. The summed E-state index contributed by atoms with van der Waals surface area (Å²) in [7, 11) is -3.98. The first-order chi connectivity index (χ1) is 15.4. The van der Waals surface area contributed by atoms with Crippen molar-refractivity contribution in [2.24, 2.45) is 0 Å². The quantitative estimate of drug-likeness (QED) is 0.435. The Bertz CT molecular complexity index is 1260. The maximum Gasteiger partial charge on any atom is 0.263 e. The van der Waals surface area contributed by atoms with Crippen LogP contribution in [0.2, 0.25) is 5.02 Å². The topological polar surface area (TPSA) is 75.3 Å². The fraction of sp³-hybridized carbons (Fsp3) is 0.269. The molecule has 0 aromatic heterocycles. The Balaban J connectivity index is 1.81. The van der Waals surface area contributed by atoms with Gasteiger partial charge in [0.15, 0.2) is 0 Å². The Hall–Kier alpha value is -2.83. The predicted molar refractivity (Wildman–Crippen MR) is 134 cm³/mol. The van der Waals surface area contributed by atoms with E-state index in [1.807, 2.05) is 25.1 Å². The molecule has 3 aromatic carbocycles. The number of hydrogen-bond donors (Lipinski definition) is 2. The second-order valence-electron chi connectivity index (χ2n) is 9.13. The van der Waals surface area contributed by atoms with Gasteiger partial charge in [0.25, 0.3) is 15.9 Å². The van der Waals surface area contributed by atoms with Crippen LogP contribution in [-0.2, 0) is 15.4 Å². The first-order valence-corrected chi connectivity index (χ1v) is 12.5. The van der Waals surface area contributed by atoms with Crippen molar-refractivity contribution in [2.75, 3.05) is 4.72 Å². The first kappa shape index (κ1) is 24.8. The third-order valence-electron chi connectivity index (χ3n) is 5.50. The number of nitrogens with one attached hydrogen (secondary N) is 2. The third kappa shape index (κ3) is 5.95. The zero-order valence-corrected chi connectivity index (χ0v) is 21.0. The highest BCUT2D eigenvalue weighted by atomic mass is 35.5. The number of para-hydroxylation sites is 1. The number of anilines is 1. The second-order valence-corrected chi connectivity index (χ2v) is 11.2. The predicted octanol–water partition coefficient (Wildman–Crippen LogP) is 6.24. The molecule has 3 aromatic rings. The summed E-state index contributed by atoms with van der Waals surface area (Å²) in [4.78, 5) is 12.7. The van der Waals surface area contributed by atoms with Gasteiger partial charge in [-0.15, -0.1) is 0 Å². The molecule has 0 aliphatic heterocycles. The van der Waals surface area contributed by atoms with Gasteiger partial charge >= 0.3 is 0 Å². The number of carbonyl (C=O) groups is 1. The lowest BCUT2D eigenvalue weighted by Gasteiger charge is -2.21. The molecule has 0 bridgehead atoms. The minimum atomic E-state index is -3.98. The van der Waals surface area contributed by atoms with E-state index in [1.54, 1.807) is 25.1 Å². The highest BCUT2D eigenvalue weighted by Crippen LogP contribution is 2.27. The molecule has 0 radical (unpaired) electrons. The third-order valence-corrected chi connectivity index (χ3v) is 7.34. The van der Waals surface area contributed by atoms with Crippen LogP contribution in [0.15, 0.2) is 71.6 Å². The van der Waals surface area contributed by atoms with Crippen LogP contribution in [0.5, 0.6) is 0 Å². The molecule has 0 saturated heterocycles. The average Bonchev–Trinajstić information content (AvgIpc) is 2.74. The summed E-state index contributed by atoms with van der Waals surface area (Å²) in [6.45, 7) is 10.1. The lowest BCUT2D eigenvalue weighted by molar-refractivity contribution is 0.0939. The van der Waals surface area contributed by atoms with Crippen molar-refractivity contribution in [1.29, 1.82) is 0 Å². The molecule has 0 heterocycles. The lowest BCUT2D eigenvalue weighted by atomic mass is 9.86. The lowest BCUT2D eigenvalue weighted by Crippen LogP contribution is -2.27. The normalized spacial score (nSPS) is 12.8. The standard InChI is InChI=1S/C26H29ClN2O3S/c1-17-8-6-7-9-23(17)29-33(31,32)24-16-20(12-15-22(24)27)25(30)28-18(2)19-10-13-21(14-11-19)26(3,4)5/h6-16,18,29H,1-5H3,(H,28,30). The van der Waals surface area contributed by atoms with Crippen LogP contribution in [-0.4, -0.2) is 14.3 Å². The zero-order chi connectivity index (χ0) is 24.4. The molecule has 0 aliphatic rings. The van der Waals surface area contributed by atoms with Crippen LogP contribution in [0.25, 0.3) is 0 Å². The molecular weight excluding hydrogens is 456 g/mol. The summed E-state index contributed by atoms with van der Waals surface area (Å²) >= 11 is 6.19. The fourth-order valence-electron chi connectivity index (χ4n) is 3.37. The minimum absolute atomic E-state index is 0.0402. The molecule has 1 unspecified atom stereocenters. The van der Waals surface area contributed by atoms with Crippen molar-refractivity contribution in [1.82, 2.24) is 5.32 Å². The monoisotopic (exact) mass is 484 g/mol. The van der Waals surface area contributed by atoms with Crippen molar-refractivity contribution in [3.05, 3.63) is 94.0 Å². The Morgan fingerprint density at radius 1 is 0.970 bits per heavy atom. The van der Waals surface area contributed by atoms with E-state index < -0.39 is 10.0 Å². The molecule has 7 heteroatoms. The number of halogens is 1. The summed E-state index contributed by atoms with van der Waals surface area (Å²) in [5.41, 5.74) is 3.65. The molecule has 0 fully saturated rings. The van der Waals surface area contributed by atoms with Crippen LogP contribution >= 0.6 is 11.6 Å². The Labute approximate surface area is 201 Å². The van der Waals surface area contributed by atoms with Crippen LogP contribution < -0.4 is 10.0 Å². The van der Waals surface area contributed by atoms with E-state index >= 15 is 0 Å². The van der Waals surface area contributed by atoms with Gasteiger partial charge in [0, 0.05) is 5.56 Å². The van der Waals surface area contributed by atoms with Crippen LogP contribution in [0, 0.1) is 6.92 Å². The summed E-state index contributed by atoms with van der Waals surface area (Å²) in [5.74, 6) is -0.383. The first-order valence-electron chi connectivity index (χ1n) is 10.7. The maximum absolute atomic E-state index is 13.0. The molecule has 174 valence electrons. The van der Waals surface area contributed by atoms with E-state index in [1.165, 1.54) is 23.8 Å². The van der Waals surface area contributed by atoms with Crippen molar-refractivity contribution in [3.63, 3.8) is 0 Å². The molecule has 2 N–H and O–H groups in total. The van der Waals surface area contributed by atoms with Crippen molar-refractivity contribution < 1.29 is 13.2 Å². The molecule has 3 rings (SSSR count). The molecule has 5 nitrogen and oxygen atoms in total. The molecule has 1 amide bonds. The molecule has 0 aliphatic carbocycles. The van der Waals surface area contributed by atoms with Gasteiger partial charge in [0.2, 0.25) is 0 Å². The number of rotatable bonds is 6. The van der Waals surface area contributed by atoms with Crippen molar-refractivity contribution >= 4 is 33.2 Å². The van der Waals surface area contributed by atoms with E-state index in [2.05, 4.69) is 42.9 Å². The fourth-order valence-corrected chi connectivity index (χ4v) is 5.03. The Morgan fingerprint density at radius 3 is 2.21 bits per heavy atom. The zero-order valence-electron chi connectivity index (χ0n) is 19.4. The van der Waals surface area contributed by atoms with E-state index in [9.17, 15) is 13.2 Å². The van der Waals surface area contributed by atoms with Crippen molar-refractivity contribution in [2.45, 2.75) is 51.0 Å². The van der Waals surface area contributed by atoms with Crippen LogP contribution in [0.1, 0.15) is 60.8 Å². The van der Waals surface area contributed by atoms with E-state index in [0.717, 1.165) is 11.1 Å². The van der Waals surface area contributed by atoms with Gasteiger partial charge in [0.05, 0.1) is 16.8 Å². The number of hydrogen-bond acceptors (Lipinski definition) is 3. The summed E-state index contributed by atoms with van der Waals surface area (Å²) in [6.07, 6.45) is 0. The second kappa shape index (κ2) is 9.57. The largest absolute Gasteiger partial charge is 0.346 e. The molecule has 0 spiro atoms. The number of amides is 1. The molecule has 1 atom stereocenters. The summed E-state index contributed by atoms with van der Waals surface area (Å²) < 4.78 is 28.5. The van der Waals surface area contributed by atoms with Gasteiger partial charge in [-0.2, -0.15) is 0 Å². The van der Waals surface area contributed by atoms with Gasteiger partial charge in [-0.05, 0) is 60.2 Å². The number of aryl methyl sites for hydroxylation is 1. The SMILES string of the molecule is Cc1ccccc1NS(=O)(=O)c1cc(C(=O)NC(C)c2ccc(C(C)(C)C)cc2)ccc1Cl. The van der Waals surface area contributed by atoms with E-state index in [4.69, 9.17) is 11.6 Å². The van der Waals surface area contributed by atoms with Crippen molar-refractivity contribution in [3.8, 4) is 0 Å². The van der Waals surface area contributed by atoms with Gasteiger partial charge < -0.3 is 5.32 Å². The number of sulfonamides is 1. The highest BCUT2D eigenvalue weighted by Gasteiger charge is 2.22. The van der Waals surface area contributed by atoms with Gasteiger partial charge in [0.1, 0.15) is 4.90 Å². The average molecular weight is 485 g/mol. The molecule has 0 saturated carbocycles. The molecule has 33 heavy (non-hydrogen) atoms. The smallest absolute Gasteiger partial charge is 0.263 e. The Morgan fingerprint density at radius 2 is 1.61 bits per heavy atom. The van der Waals surface area contributed by atoms with Crippen LogP contribution in [0.4, 0.5) is 5.69 Å². The summed E-state index contributed by atoms with van der Waals surface area (Å²) in [5, 5.41) is 2.97. The molecular formula is C26H29ClN2O3S. The van der Waals surface area contributed by atoms with Gasteiger partial charge in [-0.1, -0.05) is 74.8 Å². The van der Waals surface area contributed by atoms with E-state index in [-0.39, 0.29) is 32.8 Å². The van der Waals surface area contributed by atoms with Crippen LogP contribution in [0.3, 0.4) is 0 Å².